The fourth-order valence-corrected chi connectivity index (χ4v) is 3.21. The number of benzene rings is 1. The molecule has 0 unspecified atom stereocenters. The molecular formula is C17H19BrN2. The molecule has 2 aromatic rings. The standard InChI is InChI=1S/C17H19BrN2/c18-15-5-4-6-16(11-15)19-12-14-9-10-20(13-14)17-7-2-1-3-8-17/h4-6,9-13,17H,1-3,7-8H2. The Kier molecular flexibility index (Phi) is 4.36. The van der Waals surface area contributed by atoms with Gasteiger partial charge < -0.3 is 4.57 Å². The number of aromatic nitrogens is 1. The van der Waals surface area contributed by atoms with Gasteiger partial charge >= 0.3 is 0 Å². The molecule has 1 heterocycles. The van der Waals surface area contributed by atoms with Gasteiger partial charge in [0, 0.05) is 34.7 Å². The molecule has 1 saturated carbocycles. The zero-order valence-corrected chi connectivity index (χ0v) is 13.1. The SMILES string of the molecule is Brc1cccc(N=Cc2ccn(C3CCCCC3)c2)c1. The predicted molar refractivity (Wildman–Crippen MR) is 88.0 cm³/mol. The Hall–Kier alpha value is -1.35. The van der Waals surface area contributed by atoms with Crippen LogP contribution in [0.2, 0.25) is 0 Å². The molecule has 1 fully saturated rings. The van der Waals surface area contributed by atoms with Crippen molar-refractivity contribution in [2.75, 3.05) is 0 Å². The average molecular weight is 331 g/mol. The summed E-state index contributed by atoms with van der Waals surface area (Å²) in [5.74, 6) is 0. The fraction of sp³-hybridized carbons (Fsp3) is 0.353. The Morgan fingerprint density at radius 2 is 2.00 bits per heavy atom. The molecule has 1 aromatic heterocycles. The van der Waals surface area contributed by atoms with E-state index in [1.165, 1.54) is 37.7 Å². The van der Waals surface area contributed by atoms with Gasteiger partial charge in [-0.05, 0) is 37.1 Å². The topological polar surface area (TPSA) is 17.3 Å². The first kappa shape index (κ1) is 13.6. The van der Waals surface area contributed by atoms with Crippen LogP contribution < -0.4 is 0 Å². The maximum Gasteiger partial charge on any atom is 0.0641 e. The third-order valence-electron chi connectivity index (χ3n) is 3.90. The summed E-state index contributed by atoms with van der Waals surface area (Å²) in [6.07, 6.45) is 13.1. The van der Waals surface area contributed by atoms with E-state index in [1.54, 1.807) is 0 Å². The largest absolute Gasteiger partial charge is 0.351 e. The van der Waals surface area contributed by atoms with Gasteiger partial charge in [0.25, 0.3) is 0 Å². The Morgan fingerprint density at radius 1 is 1.15 bits per heavy atom. The molecule has 0 aliphatic heterocycles. The monoisotopic (exact) mass is 330 g/mol. The number of nitrogens with zero attached hydrogens (tertiary/aromatic N) is 2. The minimum absolute atomic E-state index is 0.691. The van der Waals surface area contributed by atoms with E-state index >= 15 is 0 Å². The number of rotatable bonds is 3. The highest BCUT2D eigenvalue weighted by Gasteiger charge is 2.14. The number of hydrogen-bond acceptors (Lipinski definition) is 1. The van der Waals surface area contributed by atoms with Gasteiger partial charge in [-0.1, -0.05) is 41.3 Å². The summed E-state index contributed by atoms with van der Waals surface area (Å²) in [7, 11) is 0. The van der Waals surface area contributed by atoms with Gasteiger partial charge in [-0.3, -0.25) is 4.99 Å². The van der Waals surface area contributed by atoms with Crippen molar-refractivity contribution < 1.29 is 0 Å². The second-order valence-corrected chi connectivity index (χ2v) is 6.34. The molecule has 3 rings (SSSR count). The zero-order chi connectivity index (χ0) is 13.8. The van der Waals surface area contributed by atoms with Crippen molar-refractivity contribution in [3.63, 3.8) is 0 Å². The molecule has 1 aliphatic carbocycles. The van der Waals surface area contributed by atoms with E-state index in [0.717, 1.165) is 10.2 Å². The van der Waals surface area contributed by atoms with Crippen LogP contribution in [0.4, 0.5) is 5.69 Å². The first-order valence-corrected chi connectivity index (χ1v) is 8.08. The van der Waals surface area contributed by atoms with Crippen LogP contribution in [0.25, 0.3) is 0 Å². The van der Waals surface area contributed by atoms with Crippen molar-refractivity contribution in [3.05, 3.63) is 52.8 Å². The molecule has 104 valence electrons. The molecule has 0 spiro atoms. The minimum atomic E-state index is 0.691. The van der Waals surface area contributed by atoms with Crippen molar-refractivity contribution in [1.82, 2.24) is 4.57 Å². The van der Waals surface area contributed by atoms with Crippen LogP contribution in [-0.4, -0.2) is 10.8 Å². The van der Waals surface area contributed by atoms with Crippen LogP contribution >= 0.6 is 15.9 Å². The lowest BCUT2D eigenvalue weighted by Gasteiger charge is -2.23. The average Bonchev–Trinajstić information content (AvgIpc) is 2.95. The summed E-state index contributed by atoms with van der Waals surface area (Å²) in [5.41, 5.74) is 2.15. The fourth-order valence-electron chi connectivity index (χ4n) is 2.82. The summed E-state index contributed by atoms with van der Waals surface area (Å²) in [4.78, 5) is 4.53. The molecule has 1 aliphatic rings. The third-order valence-corrected chi connectivity index (χ3v) is 4.40. The molecule has 0 radical (unpaired) electrons. The number of hydrogen-bond donors (Lipinski definition) is 0. The van der Waals surface area contributed by atoms with E-state index in [9.17, 15) is 0 Å². The first-order chi connectivity index (χ1) is 9.81. The van der Waals surface area contributed by atoms with Crippen LogP contribution in [0, 0.1) is 0 Å². The molecule has 3 heteroatoms. The van der Waals surface area contributed by atoms with E-state index in [1.807, 2.05) is 30.5 Å². The maximum atomic E-state index is 4.53. The Morgan fingerprint density at radius 3 is 2.80 bits per heavy atom. The van der Waals surface area contributed by atoms with Gasteiger partial charge in [0.2, 0.25) is 0 Å². The number of halogens is 1. The normalized spacial score (nSPS) is 16.9. The van der Waals surface area contributed by atoms with Crippen molar-refractivity contribution in [3.8, 4) is 0 Å². The highest BCUT2D eigenvalue weighted by atomic mass is 79.9. The predicted octanol–water partition coefficient (Wildman–Crippen LogP) is 5.51. The van der Waals surface area contributed by atoms with Gasteiger partial charge in [0.15, 0.2) is 0 Å². The second kappa shape index (κ2) is 6.40. The molecule has 0 atom stereocenters. The lowest BCUT2D eigenvalue weighted by Crippen LogP contribution is -2.10. The molecule has 0 bridgehead atoms. The maximum absolute atomic E-state index is 4.53. The zero-order valence-electron chi connectivity index (χ0n) is 11.5. The minimum Gasteiger partial charge on any atom is -0.351 e. The van der Waals surface area contributed by atoms with E-state index in [-0.39, 0.29) is 0 Å². The molecule has 20 heavy (non-hydrogen) atoms. The van der Waals surface area contributed by atoms with E-state index in [4.69, 9.17) is 0 Å². The van der Waals surface area contributed by atoms with Crippen molar-refractivity contribution in [1.29, 1.82) is 0 Å². The molecule has 0 amide bonds. The van der Waals surface area contributed by atoms with Gasteiger partial charge in [-0.2, -0.15) is 0 Å². The Bertz CT molecular complexity index is 595. The van der Waals surface area contributed by atoms with Gasteiger partial charge in [0.05, 0.1) is 5.69 Å². The smallest absolute Gasteiger partial charge is 0.0641 e. The summed E-state index contributed by atoms with van der Waals surface area (Å²) >= 11 is 3.47. The molecule has 1 aromatic carbocycles. The Balaban J connectivity index is 1.70. The van der Waals surface area contributed by atoms with Gasteiger partial charge in [-0.15, -0.1) is 0 Å². The third kappa shape index (κ3) is 3.40. The second-order valence-electron chi connectivity index (χ2n) is 5.42. The van der Waals surface area contributed by atoms with Gasteiger partial charge in [-0.25, -0.2) is 0 Å². The van der Waals surface area contributed by atoms with Crippen LogP contribution in [0.15, 0.2) is 52.2 Å². The lowest BCUT2D eigenvalue weighted by molar-refractivity contribution is 0.354. The van der Waals surface area contributed by atoms with E-state index < -0.39 is 0 Å². The van der Waals surface area contributed by atoms with Crippen molar-refractivity contribution >= 4 is 27.8 Å². The summed E-state index contributed by atoms with van der Waals surface area (Å²) < 4.78 is 3.42. The van der Waals surface area contributed by atoms with Crippen LogP contribution in [-0.2, 0) is 0 Å². The summed E-state index contributed by atoms with van der Waals surface area (Å²) in [5, 5.41) is 0. The molecular weight excluding hydrogens is 312 g/mol. The molecule has 0 saturated heterocycles. The summed E-state index contributed by atoms with van der Waals surface area (Å²) in [6, 6.07) is 10.9. The van der Waals surface area contributed by atoms with Crippen molar-refractivity contribution in [2.45, 2.75) is 38.1 Å². The van der Waals surface area contributed by atoms with E-state index in [0.29, 0.717) is 6.04 Å². The summed E-state index contributed by atoms with van der Waals surface area (Å²) in [6.45, 7) is 0. The van der Waals surface area contributed by atoms with Crippen LogP contribution in [0.5, 0.6) is 0 Å². The number of aliphatic imine (C=N–C) groups is 1. The lowest BCUT2D eigenvalue weighted by atomic mass is 9.95. The van der Waals surface area contributed by atoms with Crippen LogP contribution in [0.1, 0.15) is 43.7 Å². The highest BCUT2D eigenvalue weighted by Crippen LogP contribution is 2.28. The Labute approximate surface area is 128 Å². The van der Waals surface area contributed by atoms with Crippen LogP contribution in [0.3, 0.4) is 0 Å². The van der Waals surface area contributed by atoms with Gasteiger partial charge in [0.1, 0.15) is 0 Å². The molecule has 0 N–H and O–H groups in total. The van der Waals surface area contributed by atoms with E-state index in [2.05, 4.69) is 43.9 Å². The van der Waals surface area contributed by atoms with Crippen molar-refractivity contribution in [2.24, 2.45) is 4.99 Å². The molecule has 2 nitrogen and oxygen atoms in total. The first-order valence-electron chi connectivity index (χ1n) is 7.28. The highest BCUT2D eigenvalue weighted by molar-refractivity contribution is 9.10. The quantitative estimate of drug-likeness (QED) is 0.660.